The summed E-state index contributed by atoms with van der Waals surface area (Å²) in [5, 5.41) is 4.03. The Labute approximate surface area is 143 Å². The first kappa shape index (κ1) is 18.6. The number of halogens is 1. The van der Waals surface area contributed by atoms with Crippen molar-refractivity contribution in [2.75, 3.05) is 19.3 Å². The summed E-state index contributed by atoms with van der Waals surface area (Å²) in [5.74, 6) is 2.29. The van der Waals surface area contributed by atoms with E-state index in [-0.39, 0.29) is 18.4 Å². The fourth-order valence-corrected chi connectivity index (χ4v) is 4.01. The van der Waals surface area contributed by atoms with E-state index in [2.05, 4.69) is 26.7 Å². The Kier molecular flexibility index (Phi) is 6.05. The Balaban J connectivity index is 0.00000192. The van der Waals surface area contributed by atoms with Gasteiger partial charge in [-0.25, -0.2) is 13.1 Å². The molecule has 2 fully saturated rings. The van der Waals surface area contributed by atoms with Gasteiger partial charge in [-0.2, -0.15) is 4.98 Å². The number of nitrogens with zero attached hydrogens (tertiary/aromatic N) is 3. The molecule has 2 heterocycles. The van der Waals surface area contributed by atoms with Crippen molar-refractivity contribution in [3.8, 4) is 0 Å². The number of hydrogen-bond donors (Lipinski definition) is 1. The van der Waals surface area contributed by atoms with Crippen LogP contribution >= 0.6 is 12.4 Å². The molecule has 2 aliphatic rings. The van der Waals surface area contributed by atoms with E-state index in [0.29, 0.717) is 30.8 Å². The molecule has 1 saturated heterocycles. The highest BCUT2D eigenvalue weighted by molar-refractivity contribution is 7.88. The van der Waals surface area contributed by atoms with Gasteiger partial charge >= 0.3 is 0 Å². The number of aromatic nitrogens is 2. The first-order valence-electron chi connectivity index (χ1n) is 7.96. The molecule has 0 amide bonds. The average Bonchev–Trinajstić information content (AvgIpc) is 3.07. The van der Waals surface area contributed by atoms with Gasteiger partial charge in [0, 0.05) is 25.0 Å². The second kappa shape index (κ2) is 7.46. The van der Waals surface area contributed by atoms with E-state index in [4.69, 9.17) is 4.52 Å². The summed E-state index contributed by atoms with van der Waals surface area (Å²) in [6.07, 6.45) is 5.59. The minimum atomic E-state index is -3.18. The van der Waals surface area contributed by atoms with Gasteiger partial charge in [0.25, 0.3) is 0 Å². The van der Waals surface area contributed by atoms with Gasteiger partial charge < -0.3 is 4.52 Å². The quantitative estimate of drug-likeness (QED) is 0.789. The number of sulfonamides is 1. The van der Waals surface area contributed by atoms with Gasteiger partial charge in [-0.15, -0.1) is 12.4 Å². The number of rotatable bonds is 7. The molecular weight excluding hydrogens is 340 g/mol. The van der Waals surface area contributed by atoms with E-state index in [1.807, 2.05) is 0 Å². The van der Waals surface area contributed by atoms with Crippen LogP contribution in [0.15, 0.2) is 4.52 Å². The Bertz CT molecular complexity index is 617. The molecule has 23 heavy (non-hydrogen) atoms. The minimum Gasteiger partial charge on any atom is -0.338 e. The third-order valence-electron chi connectivity index (χ3n) is 4.33. The van der Waals surface area contributed by atoms with Crippen molar-refractivity contribution in [3.63, 3.8) is 0 Å². The van der Waals surface area contributed by atoms with E-state index in [9.17, 15) is 8.42 Å². The Morgan fingerprint density at radius 2 is 2.09 bits per heavy atom. The average molecular weight is 365 g/mol. The van der Waals surface area contributed by atoms with Crippen molar-refractivity contribution in [1.29, 1.82) is 0 Å². The number of hydrogen-bond acceptors (Lipinski definition) is 6. The molecule has 0 unspecified atom stereocenters. The minimum absolute atomic E-state index is 0. The number of nitrogens with one attached hydrogen (secondary N) is 1. The van der Waals surface area contributed by atoms with E-state index < -0.39 is 10.0 Å². The van der Waals surface area contributed by atoms with Crippen molar-refractivity contribution in [2.24, 2.45) is 5.92 Å². The zero-order valence-corrected chi connectivity index (χ0v) is 15.2. The van der Waals surface area contributed by atoms with Gasteiger partial charge in [0.05, 0.1) is 12.8 Å². The fourth-order valence-electron chi connectivity index (χ4n) is 3.19. The van der Waals surface area contributed by atoms with E-state index >= 15 is 0 Å². The van der Waals surface area contributed by atoms with Gasteiger partial charge in [0.2, 0.25) is 15.9 Å². The fraction of sp³-hybridized carbons (Fsp3) is 0.857. The summed E-state index contributed by atoms with van der Waals surface area (Å²) < 4.78 is 31.1. The number of likely N-dealkylation sites (tertiary alicyclic amines) is 1. The maximum Gasteiger partial charge on any atom is 0.240 e. The van der Waals surface area contributed by atoms with Crippen LogP contribution in [0.2, 0.25) is 0 Å². The predicted octanol–water partition coefficient (Wildman–Crippen LogP) is 1.52. The molecule has 1 aliphatic heterocycles. The summed E-state index contributed by atoms with van der Waals surface area (Å²) in [6.45, 7) is 4.28. The maximum absolute atomic E-state index is 11.5. The van der Waals surface area contributed by atoms with Crippen molar-refractivity contribution in [2.45, 2.75) is 51.1 Å². The maximum atomic E-state index is 11.5. The molecule has 1 aliphatic carbocycles. The van der Waals surface area contributed by atoms with Gasteiger partial charge in [0.15, 0.2) is 5.82 Å². The lowest BCUT2D eigenvalue weighted by atomic mass is 9.99. The van der Waals surface area contributed by atoms with Crippen molar-refractivity contribution in [3.05, 3.63) is 11.7 Å². The molecule has 2 atom stereocenters. The van der Waals surface area contributed by atoms with Crippen LogP contribution in [0.5, 0.6) is 0 Å². The van der Waals surface area contributed by atoms with Crippen LogP contribution in [-0.4, -0.2) is 48.8 Å². The van der Waals surface area contributed by atoms with Crippen LogP contribution in [0.1, 0.15) is 50.2 Å². The SMILES string of the molecule is CCC[C@H]1CN(Cc2nc(C3CC3)no2)C[C@@H]1NS(C)(=O)=O.Cl. The lowest BCUT2D eigenvalue weighted by molar-refractivity contribution is 0.257. The molecule has 1 saturated carbocycles. The van der Waals surface area contributed by atoms with Crippen LogP contribution in [0.4, 0.5) is 0 Å². The van der Waals surface area contributed by atoms with Crippen LogP contribution in [0.3, 0.4) is 0 Å². The molecule has 9 heteroatoms. The first-order chi connectivity index (χ1) is 10.4. The molecule has 7 nitrogen and oxygen atoms in total. The summed E-state index contributed by atoms with van der Waals surface area (Å²) >= 11 is 0. The highest BCUT2D eigenvalue weighted by atomic mass is 35.5. The van der Waals surface area contributed by atoms with Crippen molar-refractivity contribution < 1.29 is 12.9 Å². The topological polar surface area (TPSA) is 88.3 Å². The highest BCUT2D eigenvalue weighted by Crippen LogP contribution is 2.38. The Hall–Kier alpha value is -0.700. The Morgan fingerprint density at radius 3 is 2.70 bits per heavy atom. The van der Waals surface area contributed by atoms with Crippen LogP contribution in [0.25, 0.3) is 0 Å². The van der Waals surface area contributed by atoms with Crippen LogP contribution in [-0.2, 0) is 16.6 Å². The van der Waals surface area contributed by atoms with Crippen molar-refractivity contribution >= 4 is 22.4 Å². The normalized spacial score (nSPS) is 25.5. The largest absolute Gasteiger partial charge is 0.338 e. The molecule has 0 spiro atoms. The first-order valence-corrected chi connectivity index (χ1v) is 9.86. The van der Waals surface area contributed by atoms with E-state index in [1.54, 1.807) is 0 Å². The van der Waals surface area contributed by atoms with Crippen molar-refractivity contribution in [1.82, 2.24) is 19.8 Å². The standard InChI is InChI=1S/C14H24N4O3S.ClH/c1-3-4-11-7-18(8-12(11)17-22(2,19)20)9-13-15-14(16-21-13)10-5-6-10;/h10-12,17H,3-9H2,1-2H3;1H/t11-,12-;/m0./s1. The zero-order chi connectivity index (χ0) is 15.7. The van der Waals surface area contributed by atoms with Gasteiger partial charge in [0.1, 0.15) is 0 Å². The third kappa shape index (κ3) is 5.14. The molecule has 3 rings (SSSR count). The predicted molar refractivity (Wildman–Crippen MR) is 89.0 cm³/mol. The molecule has 0 aromatic carbocycles. The molecule has 0 bridgehead atoms. The summed E-state index contributed by atoms with van der Waals surface area (Å²) in [6, 6.07) is -0.0271. The Morgan fingerprint density at radius 1 is 1.35 bits per heavy atom. The molecule has 1 N–H and O–H groups in total. The lowest BCUT2D eigenvalue weighted by Crippen LogP contribution is -2.39. The summed E-state index contributed by atoms with van der Waals surface area (Å²) in [4.78, 5) is 6.65. The van der Waals surface area contributed by atoms with Crippen LogP contribution in [0, 0.1) is 5.92 Å². The summed E-state index contributed by atoms with van der Waals surface area (Å²) in [7, 11) is -3.18. The smallest absolute Gasteiger partial charge is 0.240 e. The monoisotopic (exact) mass is 364 g/mol. The van der Waals surface area contributed by atoms with Gasteiger partial charge in [-0.3, -0.25) is 4.90 Å². The van der Waals surface area contributed by atoms with Gasteiger partial charge in [-0.1, -0.05) is 18.5 Å². The molecule has 132 valence electrons. The molecule has 1 aromatic rings. The summed E-state index contributed by atoms with van der Waals surface area (Å²) in [5.41, 5.74) is 0. The third-order valence-corrected chi connectivity index (χ3v) is 5.06. The lowest BCUT2D eigenvalue weighted by Gasteiger charge is -2.17. The van der Waals surface area contributed by atoms with E-state index in [1.165, 1.54) is 6.26 Å². The second-order valence-corrected chi connectivity index (χ2v) is 8.34. The van der Waals surface area contributed by atoms with Crippen LogP contribution < -0.4 is 4.72 Å². The second-order valence-electron chi connectivity index (χ2n) is 6.56. The molecule has 1 aromatic heterocycles. The molecular formula is C14H25ClN4O3S. The molecule has 0 radical (unpaired) electrons. The van der Waals surface area contributed by atoms with Gasteiger partial charge in [-0.05, 0) is 25.2 Å². The highest BCUT2D eigenvalue weighted by Gasteiger charge is 2.35. The van der Waals surface area contributed by atoms with E-state index in [0.717, 1.165) is 38.1 Å². The zero-order valence-electron chi connectivity index (χ0n) is 13.6.